The summed E-state index contributed by atoms with van der Waals surface area (Å²) in [5.41, 5.74) is 0. The molecular formula is C5H7NaO2. The topological polar surface area (TPSA) is 37.3 Å². The summed E-state index contributed by atoms with van der Waals surface area (Å²) in [6, 6.07) is 0. The van der Waals surface area contributed by atoms with Gasteiger partial charge in [-0.05, 0) is 0 Å². The summed E-state index contributed by atoms with van der Waals surface area (Å²) in [5, 5.41) is 7.42. The molecule has 2 nitrogen and oxygen atoms in total. The number of carbonyl (C=O) groups is 1. The second kappa shape index (κ2) is 4.13. The van der Waals surface area contributed by atoms with Gasteiger partial charge in [0.05, 0.1) is 0 Å². The van der Waals surface area contributed by atoms with Crippen LogP contribution >= 0.6 is 0 Å². The van der Waals surface area contributed by atoms with Crippen molar-refractivity contribution in [3.05, 3.63) is 12.2 Å². The van der Waals surface area contributed by atoms with Crippen molar-refractivity contribution in [1.29, 1.82) is 0 Å². The number of hydrogen-bond donors (Lipinski definition) is 1. The SMILES string of the molecule is CC(=O)O.[Na][CH]1C=C1. The fourth-order valence-corrected chi connectivity index (χ4v) is 0.333. The standard InChI is InChI=1S/C3H3.C2H4O2.Na/c1-2-3-1;1-2(3)4;/h1-3H;1H3,(H,3,4);. The van der Waals surface area contributed by atoms with E-state index in [1.165, 1.54) is 27.9 Å². The van der Waals surface area contributed by atoms with Crippen LogP contribution in [0.25, 0.3) is 0 Å². The first-order valence-electron chi connectivity index (χ1n) is 2.51. The number of carboxylic acids is 1. The zero-order valence-corrected chi connectivity index (χ0v) is 7.09. The van der Waals surface area contributed by atoms with Crippen LogP contribution in [-0.4, -0.2) is 39.0 Å². The number of allylic oxidation sites excluding steroid dienone is 2. The van der Waals surface area contributed by atoms with Crippen molar-refractivity contribution in [1.82, 2.24) is 0 Å². The molecule has 1 aliphatic rings. The molecule has 0 amide bonds. The fourth-order valence-electron chi connectivity index (χ4n) is 0.111. The molecule has 40 valence electrons. The van der Waals surface area contributed by atoms with Crippen molar-refractivity contribution in [2.24, 2.45) is 0 Å². The van der Waals surface area contributed by atoms with Crippen LogP contribution < -0.4 is 0 Å². The van der Waals surface area contributed by atoms with E-state index in [1.807, 2.05) is 0 Å². The molecule has 0 saturated carbocycles. The molecule has 0 radical (unpaired) electrons. The average molecular weight is 122 g/mol. The van der Waals surface area contributed by atoms with Gasteiger partial charge < -0.3 is 5.11 Å². The van der Waals surface area contributed by atoms with Crippen LogP contribution in [0.2, 0.25) is 3.17 Å². The Kier molecular flexibility index (Phi) is 4.23. The number of hydrogen-bond acceptors (Lipinski definition) is 1. The number of rotatable bonds is 0. The van der Waals surface area contributed by atoms with Crippen molar-refractivity contribution < 1.29 is 9.90 Å². The Balaban J connectivity index is 0.000000122. The first kappa shape index (κ1) is 8.21. The molecule has 0 atom stereocenters. The van der Waals surface area contributed by atoms with Crippen LogP contribution in [0.3, 0.4) is 0 Å². The summed E-state index contributed by atoms with van der Waals surface area (Å²) in [6.45, 7) is 1.08. The molecule has 0 unspecified atom stereocenters. The van der Waals surface area contributed by atoms with E-state index in [2.05, 4.69) is 12.2 Å². The summed E-state index contributed by atoms with van der Waals surface area (Å²) in [5.74, 6) is -0.833. The summed E-state index contributed by atoms with van der Waals surface area (Å²) in [4.78, 5) is 9.00. The van der Waals surface area contributed by atoms with E-state index in [1.54, 1.807) is 0 Å². The maximum absolute atomic E-state index is 9.00. The van der Waals surface area contributed by atoms with Gasteiger partial charge in [0, 0.05) is 6.92 Å². The molecule has 0 aromatic carbocycles. The Hall–Kier alpha value is 0.210. The molecule has 8 heavy (non-hydrogen) atoms. The summed E-state index contributed by atoms with van der Waals surface area (Å²) >= 11 is 1.35. The molecule has 3 heteroatoms. The Morgan fingerprint density at radius 3 is 1.88 bits per heavy atom. The van der Waals surface area contributed by atoms with Crippen molar-refractivity contribution >= 4 is 33.9 Å². The molecule has 0 saturated heterocycles. The summed E-state index contributed by atoms with van der Waals surface area (Å²) < 4.78 is 0.972. The van der Waals surface area contributed by atoms with Gasteiger partial charge in [-0.25, -0.2) is 0 Å². The molecule has 1 rings (SSSR count). The number of carboxylic acid groups (broad SMARTS) is 1. The van der Waals surface area contributed by atoms with E-state index in [4.69, 9.17) is 9.90 Å². The minimum absolute atomic E-state index is 0.833. The second-order valence-electron chi connectivity index (χ2n) is 1.76. The zero-order valence-electron chi connectivity index (χ0n) is 5.09. The van der Waals surface area contributed by atoms with Gasteiger partial charge in [-0.1, -0.05) is 0 Å². The monoisotopic (exact) mass is 122 g/mol. The second-order valence-corrected chi connectivity index (χ2v) is 3.10. The van der Waals surface area contributed by atoms with Gasteiger partial charge in [0.25, 0.3) is 5.97 Å². The minimum atomic E-state index is -0.833. The third-order valence-electron chi connectivity index (χ3n) is 0.577. The molecule has 0 bridgehead atoms. The van der Waals surface area contributed by atoms with Crippen LogP contribution in [-0.2, 0) is 4.79 Å². The zero-order chi connectivity index (χ0) is 6.57. The van der Waals surface area contributed by atoms with Gasteiger partial charge in [0.15, 0.2) is 0 Å². The van der Waals surface area contributed by atoms with Gasteiger partial charge in [0.2, 0.25) is 0 Å². The molecular weight excluding hydrogens is 115 g/mol. The van der Waals surface area contributed by atoms with Gasteiger partial charge in [-0.3, -0.25) is 4.79 Å². The third kappa shape index (κ3) is 16.4. The molecule has 0 fully saturated rings. The fraction of sp³-hybridized carbons (Fsp3) is 0.400. The quantitative estimate of drug-likeness (QED) is 0.377. The molecule has 0 aliphatic heterocycles. The van der Waals surface area contributed by atoms with Gasteiger partial charge in [-0.15, -0.1) is 0 Å². The van der Waals surface area contributed by atoms with Crippen molar-refractivity contribution in [3.63, 3.8) is 0 Å². The first-order valence-corrected chi connectivity index (χ1v) is 3.66. The first-order chi connectivity index (χ1) is 3.63. The number of aliphatic carboxylic acids is 1. The Labute approximate surface area is 66.0 Å². The molecule has 0 aromatic rings. The van der Waals surface area contributed by atoms with Gasteiger partial charge in [-0.2, -0.15) is 0 Å². The maximum atomic E-state index is 9.00. The van der Waals surface area contributed by atoms with E-state index in [0.717, 1.165) is 10.1 Å². The van der Waals surface area contributed by atoms with E-state index < -0.39 is 5.97 Å². The third-order valence-corrected chi connectivity index (χ3v) is 1.35. The van der Waals surface area contributed by atoms with Crippen LogP contribution in [0, 0.1) is 0 Å². The summed E-state index contributed by atoms with van der Waals surface area (Å²) in [6.07, 6.45) is 4.46. The van der Waals surface area contributed by atoms with E-state index in [-0.39, 0.29) is 0 Å². The van der Waals surface area contributed by atoms with Crippen molar-refractivity contribution in [2.75, 3.05) is 0 Å². The van der Waals surface area contributed by atoms with E-state index in [0.29, 0.717) is 0 Å². The molecule has 0 spiro atoms. The van der Waals surface area contributed by atoms with Crippen molar-refractivity contribution in [3.8, 4) is 0 Å². The van der Waals surface area contributed by atoms with Crippen LogP contribution in [0.5, 0.6) is 0 Å². The Morgan fingerprint density at radius 1 is 1.75 bits per heavy atom. The van der Waals surface area contributed by atoms with Gasteiger partial charge >= 0.3 is 43.3 Å². The summed E-state index contributed by atoms with van der Waals surface area (Å²) in [7, 11) is 0. The van der Waals surface area contributed by atoms with Crippen LogP contribution in [0.1, 0.15) is 6.92 Å². The molecule has 0 aromatic heterocycles. The normalized spacial score (nSPS) is 14.4. The predicted octanol–water partition coefficient (Wildman–Crippen LogP) is 0.604. The molecule has 1 N–H and O–H groups in total. The average Bonchev–Trinajstić information content (AvgIpc) is 2.19. The van der Waals surface area contributed by atoms with Crippen LogP contribution in [0.4, 0.5) is 0 Å². The van der Waals surface area contributed by atoms with Crippen molar-refractivity contribution in [2.45, 2.75) is 10.1 Å². The Bertz CT molecular complexity index is 99.0. The van der Waals surface area contributed by atoms with E-state index >= 15 is 0 Å². The Morgan fingerprint density at radius 2 is 1.88 bits per heavy atom. The van der Waals surface area contributed by atoms with E-state index in [9.17, 15) is 0 Å². The van der Waals surface area contributed by atoms with Gasteiger partial charge in [0.1, 0.15) is 0 Å². The molecule has 1 aliphatic carbocycles. The molecule has 0 heterocycles. The van der Waals surface area contributed by atoms with Crippen LogP contribution in [0.15, 0.2) is 12.2 Å². The predicted molar refractivity (Wildman–Crippen MR) is 32.0 cm³/mol.